The molecule has 0 radical (unpaired) electrons. The lowest BCUT2D eigenvalue weighted by atomic mass is 9.66. The highest BCUT2D eigenvalue weighted by atomic mass is 15.0. The Morgan fingerprint density at radius 3 is 1.50 bits per heavy atom. The average molecular weight is 643 g/mol. The Hall–Kier alpha value is -6.18. The van der Waals surface area contributed by atoms with Crippen molar-refractivity contribution in [1.82, 2.24) is 15.0 Å². The Bertz CT molecular complexity index is 2380. The summed E-state index contributed by atoms with van der Waals surface area (Å²) in [4.78, 5) is 14.9. The number of benzene rings is 6. The summed E-state index contributed by atoms with van der Waals surface area (Å²) in [6.45, 7) is 0. The van der Waals surface area contributed by atoms with Crippen molar-refractivity contribution in [2.24, 2.45) is 0 Å². The normalized spacial score (nSPS) is 14.1. The molecule has 6 aromatic carbocycles. The quantitative estimate of drug-likeness (QED) is 0.187. The Kier molecular flexibility index (Phi) is 7.40. The van der Waals surface area contributed by atoms with E-state index in [1.165, 1.54) is 52.6 Å². The Morgan fingerprint density at radius 1 is 0.440 bits per heavy atom. The first-order chi connectivity index (χ1) is 24.7. The lowest BCUT2D eigenvalue weighted by Gasteiger charge is -2.36. The van der Waals surface area contributed by atoms with Crippen molar-refractivity contribution in [2.45, 2.75) is 37.5 Å². The number of nitriles is 1. The minimum absolute atomic E-state index is 0.0837. The predicted molar refractivity (Wildman–Crippen MR) is 201 cm³/mol. The van der Waals surface area contributed by atoms with E-state index in [-0.39, 0.29) is 5.41 Å². The van der Waals surface area contributed by atoms with Crippen LogP contribution in [-0.2, 0) is 5.41 Å². The maximum atomic E-state index is 10.1. The molecule has 4 heteroatoms. The zero-order valence-electron chi connectivity index (χ0n) is 27.7. The number of fused-ring (bicyclic) bond motifs is 5. The van der Waals surface area contributed by atoms with Gasteiger partial charge >= 0.3 is 0 Å². The molecule has 1 fully saturated rings. The van der Waals surface area contributed by atoms with Crippen molar-refractivity contribution in [1.29, 1.82) is 5.26 Å². The number of nitrogens with zero attached hydrogens (tertiary/aromatic N) is 4. The summed E-state index contributed by atoms with van der Waals surface area (Å²) in [6.07, 6.45) is 5.82. The third-order valence-corrected chi connectivity index (χ3v) is 10.6. The molecule has 0 N–H and O–H groups in total. The molecule has 0 atom stereocenters. The van der Waals surface area contributed by atoms with E-state index in [1.807, 2.05) is 48.5 Å². The molecule has 50 heavy (non-hydrogen) atoms. The molecule has 2 aliphatic rings. The van der Waals surface area contributed by atoms with Gasteiger partial charge in [-0.2, -0.15) is 5.26 Å². The Balaban J connectivity index is 1.09. The zero-order chi connectivity index (χ0) is 33.5. The molecule has 1 saturated carbocycles. The van der Waals surface area contributed by atoms with Gasteiger partial charge in [0.05, 0.1) is 11.6 Å². The number of hydrogen-bond donors (Lipinski definition) is 0. The second kappa shape index (κ2) is 12.4. The number of rotatable bonds is 5. The Morgan fingerprint density at radius 2 is 0.920 bits per heavy atom. The van der Waals surface area contributed by atoms with Crippen LogP contribution in [0.25, 0.3) is 67.5 Å². The predicted octanol–water partition coefficient (Wildman–Crippen LogP) is 11.3. The van der Waals surface area contributed by atoms with E-state index >= 15 is 0 Å². The van der Waals surface area contributed by atoms with Gasteiger partial charge in [0.1, 0.15) is 0 Å². The van der Waals surface area contributed by atoms with Crippen molar-refractivity contribution < 1.29 is 0 Å². The van der Waals surface area contributed by atoms with Crippen molar-refractivity contribution in [3.63, 3.8) is 0 Å². The van der Waals surface area contributed by atoms with E-state index in [1.54, 1.807) is 0 Å². The summed E-state index contributed by atoms with van der Waals surface area (Å²) >= 11 is 0. The van der Waals surface area contributed by atoms with Gasteiger partial charge in [-0.25, -0.2) is 15.0 Å². The molecule has 0 saturated heterocycles. The molecular weight excluding hydrogens is 609 g/mol. The van der Waals surface area contributed by atoms with Gasteiger partial charge in [0.15, 0.2) is 17.5 Å². The fourth-order valence-electron chi connectivity index (χ4n) is 8.15. The molecule has 9 rings (SSSR count). The highest BCUT2D eigenvalue weighted by molar-refractivity contribution is 5.86. The van der Waals surface area contributed by atoms with Crippen molar-refractivity contribution >= 4 is 0 Å². The minimum Gasteiger partial charge on any atom is -0.208 e. The molecule has 1 spiro atoms. The van der Waals surface area contributed by atoms with E-state index in [4.69, 9.17) is 15.0 Å². The second-order valence-corrected chi connectivity index (χ2v) is 13.4. The van der Waals surface area contributed by atoms with Gasteiger partial charge in [0, 0.05) is 22.1 Å². The molecule has 2 aliphatic carbocycles. The Labute approximate surface area is 292 Å². The van der Waals surface area contributed by atoms with E-state index in [2.05, 4.69) is 103 Å². The van der Waals surface area contributed by atoms with Crippen LogP contribution >= 0.6 is 0 Å². The van der Waals surface area contributed by atoms with Crippen LogP contribution in [0.4, 0.5) is 0 Å². The van der Waals surface area contributed by atoms with E-state index in [9.17, 15) is 5.26 Å². The lowest BCUT2D eigenvalue weighted by molar-refractivity contribution is 0.352. The third kappa shape index (κ3) is 5.11. The van der Waals surface area contributed by atoms with Crippen LogP contribution in [0.15, 0.2) is 146 Å². The summed E-state index contributed by atoms with van der Waals surface area (Å²) in [5.74, 6) is 1.93. The molecular formula is C46H34N4. The summed E-state index contributed by atoms with van der Waals surface area (Å²) < 4.78 is 0. The van der Waals surface area contributed by atoms with Crippen LogP contribution in [0.1, 0.15) is 48.8 Å². The van der Waals surface area contributed by atoms with Gasteiger partial charge in [0.25, 0.3) is 0 Å². The van der Waals surface area contributed by atoms with Crippen LogP contribution in [0.5, 0.6) is 0 Å². The van der Waals surface area contributed by atoms with Gasteiger partial charge in [0.2, 0.25) is 0 Å². The molecule has 0 unspecified atom stereocenters. The fraction of sp³-hybridized carbons (Fsp3) is 0.130. The fourth-order valence-corrected chi connectivity index (χ4v) is 8.15. The molecule has 0 bridgehead atoms. The number of hydrogen-bond acceptors (Lipinski definition) is 4. The van der Waals surface area contributed by atoms with Crippen LogP contribution in [-0.4, -0.2) is 15.0 Å². The van der Waals surface area contributed by atoms with Crippen LogP contribution < -0.4 is 0 Å². The summed E-state index contributed by atoms with van der Waals surface area (Å²) in [5, 5.41) is 10.1. The van der Waals surface area contributed by atoms with Gasteiger partial charge < -0.3 is 0 Å². The molecule has 4 nitrogen and oxygen atoms in total. The molecule has 238 valence electrons. The number of aromatic nitrogens is 3. The first-order valence-corrected chi connectivity index (χ1v) is 17.5. The summed E-state index contributed by atoms with van der Waals surface area (Å²) in [7, 11) is 0. The standard InChI is InChI=1S/C46H34N4/c47-30-38-15-10-16-40-39-26-25-37(29-41(39)46(42(38)40)27-8-3-9-28-46)33-19-23-36(24-20-33)45-49-43(34-13-6-2-7-14-34)48-44(50-45)35-21-17-32(18-22-35)31-11-4-1-5-12-31/h1-2,4-7,10-26,29H,3,8-9,27-28H2. The van der Waals surface area contributed by atoms with Gasteiger partial charge in [-0.3, -0.25) is 0 Å². The molecule has 0 aliphatic heterocycles. The lowest BCUT2D eigenvalue weighted by Crippen LogP contribution is -2.29. The van der Waals surface area contributed by atoms with E-state index in [0.717, 1.165) is 46.2 Å². The summed E-state index contributed by atoms with van der Waals surface area (Å²) in [6, 6.07) is 53.1. The average Bonchev–Trinajstić information content (AvgIpc) is 3.47. The molecule has 0 amide bonds. The molecule has 7 aromatic rings. The van der Waals surface area contributed by atoms with E-state index < -0.39 is 0 Å². The van der Waals surface area contributed by atoms with Crippen LogP contribution in [0.2, 0.25) is 0 Å². The van der Waals surface area contributed by atoms with Crippen LogP contribution in [0.3, 0.4) is 0 Å². The van der Waals surface area contributed by atoms with Crippen molar-refractivity contribution in [3.05, 3.63) is 162 Å². The molecule has 1 aromatic heterocycles. The monoisotopic (exact) mass is 642 g/mol. The topological polar surface area (TPSA) is 62.5 Å². The van der Waals surface area contributed by atoms with E-state index in [0.29, 0.717) is 17.5 Å². The minimum atomic E-state index is -0.0837. The highest BCUT2D eigenvalue weighted by Crippen LogP contribution is 2.57. The van der Waals surface area contributed by atoms with Crippen molar-refractivity contribution in [2.75, 3.05) is 0 Å². The van der Waals surface area contributed by atoms with Gasteiger partial charge in [-0.1, -0.05) is 153 Å². The maximum Gasteiger partial charge on any atom is 0.164 e. The largest absolute Gasteiger partial charge is 0.208 e. The van der Waals surface area contributed by atoms with Crippen LogP contribution in [0, 0.1) is 11.3 Å². The molecule has 1 heterocycles. The maximum absolute atomic E-state index is 10.1. The first kappa shape index (κ1) is 29.9. The summed E-state index contributed by atoms with van der Waals surface area (Å²) in [5.41, 5.74) is 13.4. The van der Waals surface area contributed by atoms with Gasteiger partial charge in [-0.05, 0) is 69.5 Å². The highest BCUT2D eigenvalue weighted by Gasteiger charge is 2.45. The SMILES string of the molecule is N#Cc1cccc2c1C1(CCCCC1)c1cc(-c3ccc(-c4nc(-c5ccccc5)nc(-c5ccc(-c6ccccc6)cc5)n4)cc3)ccc1-2. The zero-order valence-corrected chi connectivity index (χ0v) is 27.7. The third-order valence-electron chi connectivity index (χ3n) is 10.6. The first-order valence-electron chi connectivity index (χ1n) is 17.5. The van der Waals surface area contributed by atoms with Gasteiger partial charge in [-0.15, -0.1) is 0 Å². The smallest absolute Gasteiger partial charge is 0.164 e. The van der Waals surface area contributed by atoms with Crippen molar-refractivity contribution in [3.8, 4) is 73.6 Å². The second-order valence-electron chi connectivity index (χ2n) is 13.4.